The molecule has 1 saturated heterocycles. The third kappa shape index (κ3) is 4.71. The van der Waals surface area contributed by atoms with Crippen molar-refractivity contribution in [2.24, 2.45) is 5.92 Å². The van der Waals surface area contributed by atoms with Gasteiger partial charge in [0, 0.05) is 43.5 Å². The minimum absolute atomic E-state index is 0.257. The second-order valence-electron chi connectivity index (χ2n) is 8.10. The zero-order valence-electron chi connectivity index (χ0n) is 17.2. The summed E-state index contributed by atoms with van der Waals surface area (Å²) in [4.78, 5) is 18.5. The van der Waals surface area contributed by atoms with Gasteiger partial charge in [0.1, 0.15) is 5.82 Å². The normalized spacial score (nSPS) is 16.8. The third-order valence-electron chi connectivity index (χ3n) is 5.63. The van der Waals surface area contributed by atoms with Crippen molar-refractivity contribution in [1.29, 1.82) is 0 Å². The van der Waals surface area contributed by atoms with Gasteiger partial charge in [-0.25, -0.2) is 9.97 Å². The van der Waals surface area contributed by atoms with Crippen LogP contribution in [0.3, 0.4) is 0 Å². The Labute approximate surface area is 172 Å². The lowest BCUT2D eigenvalue weighted by molar-refractivity contribution is 0.101. The number of aliphatic hydroxyl groups is 1. The van der Waals surface area contributed by atoms with Crippen LogP contribution >= 0.6 is 0 Å². The smallest absolute Gasteiger partial charge is 0.163 e. The summed E-state index contributed by atoms with van der Waals surface area (Å²) in [6.07, 6.45) is 5.62. The molecule has 29 heavy (non-hydrogen) atoms. The van der Waals surface area contributed by atoms with Gasteiger partial charge in [-0.2, -0.15) is 0 Å². The number of pyridine rings is 1. The van der Waals surface area contributed by atoms with Crippen molar-refractivity contribution in [3.63, 3.8) is 0 Å². The Morgan fingerprint density at radius 1 is 1.14 bits per heavy atom. The van der Waals surface area contributed by atoms with Gasteiger partial charge in [0.25, 0.3) is 0 Å². The molecule has 1 N–H and O–H groups in total. The Bertz CT molecular complexity index is 938. The summed E-state index contributed by atoms with van der Waals surface area (Å²) < 4.78 is 0. The largest absolute Gasteiger partial charge is 0.392 e. The number of para-hydroxylation sites is 1. The van der Waals surface area contributed by atoms with Crippen LogP contribution in [-0.4, -0.2) is 64.3 Å². The molecule has 1 aromatic carbocycles. The molecular weight excluding hydrogens is 362 g/mol. The molecule has 0 radical (unpaired) electrons. The highest BCUT2D eigenvalue weighted by Gasteiger charge is 2.22. The van der Waals surface area contributed by atoms with Gasteiger partial charge in [-0.1, -0.05) is 12.1 Å². The van der Waals surface area contributed by atoms with Crippen LogP contribution in [0.25, 0.3) is 22.3 Å². The molecule has 1 unspecified atom stereocenters. The van der Waals surface area contributed by atoms with E-state index >= 15 is 0 Å². The van der Waals surface area contributed by atoms with Gasteiger partial charge in [-0.3, -0.25) is 4.98 Å². The molecule has 0 saturated carbocycles. The summed E-state index contributed by atoms with van der Waals surface area (Å²) in [5.74, 6) is 2.31. The quantitative estimate of drug-likeness (QED) is 0.696. The van der Waals surface area contributed by atoms with Crippen LogP contribution in [0.4, 0.5) is 5.82 Å². The monoisotopic (exact) mass is 391 g/mol. The molecule has 1 aliphatic rings. The summed E-state index contributed by atoms with van der Waals surface area (Å²) >= 11 is 0. The number of anilines is 1. The van der Waals surface area contributed by atoms with E-state index in [4.69, 9.17) is 9.97 Å². The van der Waals surface area contributed by atoms with E-state index in [-0.39, 0.29) is 6.10 Å². The molecule has 0 amide bonds. The molecule has 4 rings (SSSR count). The Morgan fingerprint density at radius 3 is 2.66 bits per heavy atom. The minimum Gasteiger partial charge on any atom is -0.392 e. The SMILES string of the molecule is CC(O)CN1CCC(CN(C)c2nc(-c3cccnc3)nc3ccccc23)CC1. The number of aromatic nitrogens is 3. The zero-order valence-corrected chi connectivity index (χ0v) is 17.2. The predicted octanol–water partition coefficient (Wildman–Crippen LogP) is 3.22. The molecule has 1 atom stereocenters. The molecule has 3 heterocycles. The summed E-state index contributed by atoms with van der Waals surface area (Å²) in [6, 6.07) is 12.1. The van der Waals surface area contributed by atoms with Gasteiger partial charge in [-0.15, -0.1) is 0 Å². The second kappa shape index (κ2) is 8.84. The molecule has 2 aromatic heterocycles. The first-order chi connectivity index (χ1) is 14.1. The highest BCUT2D eigenvalue weighted by atomic mass is 16.3. The van der Waals surface area contributed by atoms with Crippen molar-refractivity contribution >= 4 is 16.7 Å². The number of benzene rings is 1. The number of β-amino-alcohol motifs (C(OH)–C–C–N with tert-alkyl or cyclic N) is 1. The maximum absolute atomic E-state index is 9.62. The van der Waals surface area contributed by atoms with E-state index in [1.165, 1.54) is 0 Å². The molecule has 1 aliphatic heterocycles. The highest BCUT2D eigenvalue weighted by molar-refractivity contribution is 5.90. The van der Waals surface area contributed by atoms with E-state index in [0.29, 0.717) is 11.7 Å². The molecular formula is C23H29N5O. The average Bonchev–Trinajstić information content (AvgIpc) is 2.74. The van der Waals surface area contributed by atoms with Gasteiger partial charge in [-0.05, 0) is 63.0 Å². The van der Waals surface area contributed by atoms with E-state index in [1.54, 1.807) is 6.20 Å². The van der Waals surface area contributed by atoms with Crippen molar-refractivity contribution in [2.75, 3.05) is 38.1 Å². The van der Waals surface area contributed by atoms with Gasteiger partial charge in [0.15, 0.2) is 5.82 Å². The summed E-state index contributed by atoms with van der Waals surface area (Å²) in [6.45, 7) is 5.70. The van der Waals surface area contributed by atoms with E-state index in [9.17, 15) is 5.11 Å². The standard InChI is InChI=1S/C23H29N5O/c1-17(29)15-28-12-9-18(10-13-28)16-27(2)23-20-7-3-4-8-21(20)25-22(26-23)19-6-5-11-24-14-19/h3-8,11,14,17-18,29H,9-10,12-13,15-16H2,1-2H3. The van der Waals surface area contributed by atoms with Crippen LogP contribution < -0.4 is 4.90 Å². The van der Waals surface area contributed by atoms with Crippen molar-refractivity contribution in [1.82, 2.24) is 19.9 Å². The number of rotatable bonds is 6. The molecule has 0 bridgehead atoms. The first kappa shape index (κ1) is 19.7. The number of piperidine rings is 1. The number of nitrogens with zero attached hydrogens (tertiary/aromatic N) is 5. The Kier molecular flexibility index (Phi) is 6.02. The predicted molar refractivity (Wildman–Crippen MR) is 117 cm³/mol. The summed E-state index contributed by atoms with van der Waals surface area (Å²) in [7, 11) is 2.13. The van der Waals surface area contributed by atoms with Crippen molar-refractivity contribution in [3.8, 4) is 11.4 Å². The van der Waals surface area contributed by atoms with Crippen LogP contribution in [0.1, 0.15) is 19.8 Å². The third-order valence-corrected chi connectivity index (χ3v) is 5.63. The first-order valence-corrected chi connectivity index (χ1v) is 10.4. The number of fused-ring (bicyclic) bond motifs is 1. The van der Waals surface area contributed by atoms with Crippen molar-refractivity contribution < 1.29 is 5.11 Å². The summed E-state index contributed by atoms with van der Waals surface area (Å²) in [5.41, 5.74) is 1.88. The number of aliphatic hydroxyl groups excluding tert-OH is 1. The topological polar surface area (TPSA) is 65.4 Å². The van der Waals surface area contributed by atoms with Gasteiger partial charge < -0.3 is 14.9 Å². The average molecular weight is 392 g/mol. The maximum atomic E-state index is 9.62. The molecule has 3 aromatic rings. The fraction of sp³-hybridized carbons (Fsp3) is 0.435. The number of likely N-dealkylation sites (tertiary alicyclic amines) is 1. The zero-order chi connectivity index (χ0) is 20.2. The molecule has 1 fully saturated rings. The lowest BCUT2D eigenvalue weighted by atomic mass is 9.96. The van der Waals surface area contributed by atoms with Crippen LogP contribution in [0.15, 0.2) is 48.8 Å². The summed E-state index contributed by atoms with van der Waals surface area (Å²) in [5, 5.41) is 10.7. The van der Waals surface area contributed by atoms with E-state index in [1.807, 2.05) is 43.5 Å². The fourth-order valence-corrected chi connectivity index (χ4v) is 4.17. The molecule has 0 spiro atoms. The van der Waals surface area contributed by atoms with E-state index < -0.39 is 0 Å². The Hall–Kier alpha value is -2.57. The molecule has 6 heteroatoms. The van der Waals surface area contributed by atoms with Gasteiger partial charge >= 0.3 is 0 Å². The lowest BCUT2D eigenvalue weighted by Gasteiger charge is -2.34. The fourth-order valence-electron chi connectivity index (χ4n) is 4.17. The van der Waals surface area contributed by atoms with Crippen LogP contribution in [0, 0.1) is 5.92 Å². The van der Waals surface area contributed by atoms with Crippen LogP contribution in [-0.2, 0) is 0 Å². The maximum Gasteiger partial charge on any atom is 0.163 e. The van der Waals surface area contributed by atoms with Crippen molar-refractivity contribution in [2.45, 2.75) is 25.9 Å². The lowest BCUT2D eigenvalue weighted by Crippen LogP contribution is -2.40. The highest BCUT2D eigenvalue weighted by Crippen LogP contribution is 2.28. The van der Waals surface area contributed by atoms with Gasteiger partial charge in [0.05, 0.1) is 11.6 Å². The molecule has 6 nitrogen and oxygen atoms in total. The molecule has 152 valence electrons. The van der Waals surface area contributed by atoms with Crippen LogP contribution in [0.5, 0.6) is 0 Å². The first-order valence-electron chi connectivity index (χ1n) is 10.4. The number of hydrogen-bond donors (Lipinski definition) is 1. The Balaban J connectivity index is 1.55. The van der Waals surface area contributed by atoms with E-state index in [2.05, 4.69) is 27.9 Å². The van der Waals surface area contributed by atoms with Crippen molar-refractivity contribution in [3.05, 3.63) is 48.8 Å². The molecule has 0 aliphatic carbocycles. The van der Waals surface area contributed by atoms with Gasteiger partial charge in [0.2, 0.25) is 0 Å². The number of hydrogen-bond acceptors (Lipinski definition) is 6. The minimum atomic E-state index is -0.257. The van der Waals surface area contributed by atoms with E-state index in [0.717, 1.165) is 61.3 Å². The second-order valence-corrected chi connectivity index (χ2v) is 8.10. The van der Waals surface area contributed by atoms with Crippen LogP contribution in [0.2, 0.25) is 0 Å². The Morgan fingerprint density at radius 2 is 1.93 bits per heavy atom.